The predicted octanol–water partition coefficient (Wildman–Crippen LogP) is 3.91. The topological polar surface area (TPSA) is 44.5 Å². The summed E-state index contributed by atoms with van der Waals surface area (Å²) >= 11 is 0. The molecule has 0 aliphatic rings. The number of hydrogen-bond donors (Lipinski definition) is 1. The van der Waals surface area contributed by atoms with Gasteiger partial charge >= 0.3 is 0 Å². The molecule has 2 aromatic rings. The molecule has 0 saturated heterocycles. The van der Waals surface area contributed by atoms with Crippen molar-refractivity contribution in [3.63, 3.8) is 0 Å². The lowest BCUT2D eigenvalue weighted by Gasteiger charge is -2.17. The minimum atomic E-state index is -0.0797. The van der Waals surface area contributed by atoms with Crippen LogP contribution < -0.4 is 15.2 Å². The minimum Gasteiger partial charge on any atom is -0.497 e. The maximum Gasteiger partial charge on any atom is 0.128 e. The summed E-state index contributed by atoms with van der Waals surface area (Å²) in [5.41, 5.74) is 10.7. The zero-order valence-corrected chi connectivity index (χ0v) is 13.1. The van der Waals surface area contributed by atoms with Crippen LogP contribution in [0.25, 0.3) is 0 Å². The van der Waals surface area contributed by atoms with E-state index in [-0.39, 0.29) is 6.04 Å². The molecule has 0 aromatic heterocycles. The van der Waals surface area contributed by atoms with Crippen LogP contribution in [0.3, 0.4) is 0 Å². The van der Waals surface area contributed by atoms with Gasteiger partial charge in [-0.15, -0.1) is 0 Å². The SMILES string of the molecule is COc1ccc([C@@H](C)N)c(OCc2c(C)cccc2C)c1. The molecule has 0 radical (unpaired) electrons. The third kappa shape index (κ3) is 3.56. The number of ether oxygens (including phenoxy) is 2. The van der Waals surface area contributed by atoms with Crippen LogP contribution in [0.2, 0.25) is 0 Å². The van der Waals surface area contributed by atoms with E-state index in [9.17, 15) is 0 Å². The fourth-order valence-electron chi connectivity index (χ4n) is 2.37. The second-order valence-corrected chi connectivity index (χ2v) is 5.35. The molecule has 0 aliphatic heterocycles. The third-order valence-corrected chi connectivity index (χ3v) is 3.73. The van der Waals surface area contributed by atoms with Crippen molar-refractivity contribution in [3.8, 4) is 11.5 Å². The summed E-state index contributed by atoms with van der Waals surface area (Å²) in [4.78, 5) is 0. The van der Waals surface area contributed by atoms with Crippen molar-refractivity contribution in [2.24, 2.45) is 5.73 Å². The molecule has 2 rings (SSSR count). The van der Waals surface area contributed by atoms with E-state index in [1.165, 1.54) is 16.7 Å². The molecule has 0 fully saturated rings. The van der Waals surface area contributed by atoms with Gasteiger partial charge in [-0.3, -0.25) is 0 Å². The molecule has 0 unspecified atom stereocenters. The smallest absolute Gasteiger partial charge is 0.128 e. The van der Waals surface area contributed by atoms with Crippen molar-refractivity contribution in [2.75, 3.05) is 7.11 Å². The Balaban J connectivity index is 2.26. The van der Waals surface area contributed by atoms with Crippen LogP contribution in [0.1, 0.15) is 35.2 Å². The van der Waals surface area contributed by atoms with Crippen molar-refractivity contribution < 1.29 is 9.47 Å². The molecule has 0 saturated carbocycles. The Bertz CT molecular complexity index is 600. The van der Waals surface area contributed by atoms with Crippen LogP contribution in [0, 0.1) is 13.8 Å². The Morgan fingerprint density at radius 1 is 1.10 bits per heavy atom. The highest BCUT2D eigenvalue weighted by atomic mass is 16.5. The first-order valence-electron chi connectivity index (χ1n) is 7.14. The number of aryl methyl sites for hydroxylation is 2. The quantitative estimate of drug-likeness (QED) is 0.905. The highest BCUT2D eigenvalue weighted by Gasteiger charge is 2.11. The van der Waals surface area contributed by atoms with E-state index in [0.717, 1.165) is 17.1 Å². The van der Waals surface area contributed by atoms with E-state index < -0.39 is 0 Å². The maximum atomic E-state index is 6.03. The van der Waals surface area contributed by atoms with Gasteiger partial charge in [-0.2, -0.15) is 0 Å². The molecule has 3 heteroatoms. The summed E-state index contributed by atoms with van der Waals surface area (Å²) in [6.45, 7) is 6.69. The molecular formula is C18H23NO2. The molecule has 1 atom stereocenters. The van der Waals surface area contributed by atoms with Crippen LogP contribution >= 0.6 is 0 Å². The lowest BCUT2D eigenvalue weighted by molar-refractivity contribution is 0.297. The van der Waals surface area contributed by atoms with Gasteiger partial charge in [0.25, 0.3) is 0 Å². The van der Waals surface area contributed by atoms with E-state index >= 15 is 0 Å². The first-order valence-corrected chi connectivity index (χ1v) is 7.14. The van der Waals surface area contributed by atoms with Crippen molar-refractivity contribution >= 4 is 0 Å². The molecule has 0 amide bonds. The Labute approximate surface area is 126 Å². The first kappa shape index (κ1) is 15.4. The summed E-state index contributed by atoms with van der Waals surface area (Å²) in [6, 6.07) is 11.9. The number of hydrogen-bond acceptors (Lipinski definition) is 3. The number of nitrogens with two attached hydrogens (primary N) is 1. The fraction of sp³-hybridized carbons (Fsp3) is 0.333. The second-order valence-electron chi connectivity index (χ2n) is 5.35. The van der Waals surface area contributed by atoms with Crippen LogP contribution in [0.15, 0.2) is 36.4 Å². The van der Waals surface area contributed by atoms with Gasteiger partial charge in [0.15, 0.2) is 0 Å². The van der Waals surface area contributed by atoms with Crippen molar-refractivity contribution in [1.82, 2.24) is 0 Å². The minimum absolute atomic E-state index is 0.0797. The zero-order chi connectivity index (χ0) is 15.4. The summed E-state index contributed by atoms with van der Waals surface area (Å²) in [7, 11) is 1.65. The summed E-state index contributed by atoms with van der Waals surface area (Å²) < 4.78 is 11.3. The molecule has 2 N–H and O–H groups in total. The highest BCUT2D eigenvalue weighted by molar-refractivity contribution is 5.43. The largest absolute Gasteiger partial charge is 0.497 e. The summed E-state index contributed by atoms with van der Waals surface area (Å²) in [5, 5.41) is 0. The molecule has 2 aromatic carbocycles. The number of methoxy groups -OCH3 is 1. The Kier molecular flexibility index (Phi) is 4.86. The monoisotopic (exact) mass is 285 g/mol. The maximum absolute atomic E-state index is 6.03. The average molecular weight is 285 g/mol. The predicted molar refractivity (Wildman–Crippen MR) is 85.8 cm³/mol. The fourth-order valence-corrected chi connectivity index (χ4v) is 2.37. The highest BCUT2D eigenvalue weighted by Crippen LogP contribution is 2.29. The molecule has 112 valence electrons. The third-order valence-electron chi connectivity index (χ3n) is 3.73. The number of rotatable bonds is 5. The van der Waals surface area contributed by atoms with Crippen molar-refractivity contribution in [3.05, 3.63) is 58.7 Å². The molecule has 21 heavy (non-hydrogen) atoms. The van der Waals surface area contributed by atoms with Gasteiger partial charge in [-0.1, -0.05) is 24.3 Å². The summed E-state index contributed by atoms with van der Waals surface area (Å²) in [5.74, 6) is 1.56. The molecule has 0 spiro atoms. The van der Waals surface area contributed by atoms with E-state index in [1.54, 1.807) is 7.11 Å². The molecule has 0 bridgehead atoms. The van der Waals surface area contributed by atoms with E-state index in [4.69, 9.17) is 15.2 Å². The van der Waals surface area contributed by atoms with Crippen LogP contribution in [-0.2, 0) is 6.61 Å². The molecule has 0 heterocycles. The van der Waals surface area contributed by atoms with Crippen LogP contribution in [-0.4, -0.2) is 7.11 Å². The Morgan fingerprint density at radius 2 is 1.76 bits per heavy atom. The lowest BCUT2D eigenvalue weighted by atomic mass is 10.0. The van der Waals surface area contributed by atoms with Gasteiger partial charge in [0, 0.05) is 17.7 Å². The van der Waals surface area contributed by atoms with Crippen molar-refractivity contribution in [2.45, 2.75) is 33.4 Å². The van der Waals surface area contributed by atoms with Gasteiger partial charge in [0.05, 0.1) is 7.11 Å². The zero-order valence-electron chi connectivity index (χ0n) is 13.1. The van der Waals surface area contributed by atoms with Gasteiger partial charge in [-0.25, -0.2) is 0 Å². The number of benzene rings is 2. The van der Waals surface area contributed by atoms with Gasteiger partial charge < -0.3 is 15.2 Å². The standard InChI is InChI=1S/C18H23NO2/c1-12-6-5-7-13(2)17(12)11-21-18-10-15(20-4)8-9-16(18)14(3)19/h5-10,14H,11,19H2,1-4H3/t14-/m1/s1. The molecule has 0 aliphatic carbocycles. The van der Waals surface area contributed by atoms with E-state index in [0.29, 0.717) is 6.61 Å². The first-order chi connectivity index (χ1) is 10.0. The second kappa shape index (κ2) is 6.64. The van der Waals surface area contributed by atoms with Crippen molar-refractivity contribution in [1.29, 1.82) is 0 Å². The average Bonchev–Trinajstić information content (AvgIpc) is 2.46. The van der Waals surface area contributed by atoms with Gasteiger partial charge in [0.2, 0.25) is 0 Å². The van der Waals surface area contributed by atoms with E-state index in [2.05, 4.69) is 32.0 Å². The molecular weight excluding hydrogens is 262 g/mol. The molecule has 3 nitrogen and oxygen atoms in total. The Morgan fingerprint density at radius 3 is 2.33 bits per heavy atom. The van der Waals surface area contributed by atoms with Crippen LogP contribution in [0.4, 0.5) is 0 Å². The van der Waals surface area contributed by atoms with Crippen LogP contribution in [0.5, 0.6) is 11.5 Å². The van der Waals surface area contributed by atoms with Gasteiger partial charge in [0.1, 0.15) is 18.1 Å². The lowest BCUT2D eigenvalue weighted by Crippen LogP contribution is -2.09. The van der Waals surface area contributed by atoms with E-state index in [1.807, 2.05) is 25.1 Å². The Hall–Kier alpha value is -2.00. The van der Waals surface area contributed by atoms with Gasteiger partial charge in [-0.05, 0) is 43.5 Å². The summed E-state index contributed by atoms with van der Waals surface area (Å²) in [6.07, 6.45) is 0. The normalized spacial score (nSPS) is 12.0.